The van der Waals surface area contributed by atoms with Crippen molar-refractivity contribution in [2.45, 2.75) is 19.3 Å². The topological polar surface area (TPSA) is 43.6 Å². The third-order valence-electron chi connectivity index (χ3n) is 11.4. The Hall–Kier alpha value is -6.91. The Morgan fingerprint density at radius 3 is 1.85 bits per heavy atom. The standard InChI is InChI=1S/C50H34N4/c1-50(2)42-20-10-8-18-38(42)39-26-24-36(29-43(39)50)49-52-47(31-13-4-3-5-14-31)51-48(53-49)35-23-25-37-34(27-35)17-12-22-44(37)54-45-21-11-9-19-40(45)41-28-32-15-6-7-16-33(32)30-46(41)54/h3-30H,1-2H3. The second-order valence-corrected chi connectivity index (χ2v) is 14.9. The molecule has 11 rings (SSSR count). The van der Waals surface area contributed by atoms with E-state index in [0.29, 0.717) is 17.5 Å². The van der Waals surface area contributed by atoms with E-state index in [4.69, 9.17) is 15.0 Å². The summed E-state index contributed by atoms with van der Waals surface area (Å²) in [5.41, 5.74) is 11.5. The molecular formula is C50H34N4. The maximum absolute atomic E-state index is 5.18. The van der Waals surface area contributed by atoms with Crippen LogP contribution in [0.15, 0.2) is 170 Å². The Morgan fingerprint density at radius 1 is 0.389 bits per heavy atom. The molecule has 1 aliphatic carbocycles. The third kappa shape index (κ3) is 4.60. The highest BCUT2D eigenvalue weighted by Gasteiger charge is 2.35. The summed E-state index contributed by atoms with van der Waals surface area (Å²) >= 11 is 0. The summed E-state index contributed by atoms with van der Waals surface area (Å²) in [6.07, 6.45) is 0. The maximum Gasteiger partial charge on any atom is 0.164 e. The van der Waals surface area contributed by atoms with Crippen LogP contribution in [0.3, 0.4) is 0 Å². The van der Waals surface area contributed by atoms with Gasteiger partial charge >= 0.3 is 0 Å². The molecule has 0 spiro atoms. The van der Waals surface area contributed by atoms with Crippen molar-refractivity contribution in [3.05, 3.63) is 181 Å². The van der Waals surface area contributed by atoms with Crippen LogP contribution in [-0.2, 0) is 5.41 Å². The SMILES string of the molecule is CC1(C)c2ccccc2-c2ccc(-c3nc(-c4ccccc4)nc(-c4ccc5c(-n6c7ccccc7c7cc8ccccc8cc76)cccc5c4)n3)cc21. The van der Waals surface area contributed by atoms with Gasteiger partial charge in [-0.15, -0.1) is 0 Å². The van der Waals surface area contributed by atoms with Gasteiger partial charge in [-0.05, 0) is 74.8 Å². The van der Waals surface area contributed by atoms with E-state index in [1.807, 2.05) is 18.2 Å². The van der Waals surface area contributed by atoms with Gasteiger partial charge in [-0.1, -0.05) is 147 Å². The lowest BCUT2D eigenvalue weighted by Crippen LogP contribution is -2.15. The Labute approximate surface area is 313 Å². The highest BCUT2D eigenvalue weighted by atomic mass is 15.0. The van der Waals surface area contributed by atoms with Crippen molar-refractivity contribution in [2.75, 3.05) is 0 Å². The first kappa shape index (κ1) is 30.7. The molecule has 0 amide bonds. The van der Waals surface area contributed by atoms with E-state index < -0.39 is 0 Å². The van der Waals surface area contributed by atoms with E-state index in [9.17, 15) is 0 Å². The largest absolute Gasteiger partial charge is 0.309 e. The van der Waals surface area contributed by atoms with Gasteiger partial charge in [0.2, 0.25) is 0 Å². The fraction of sp³-hybridized carbons (Fsp3) is 0.0600. The quantitative estimate of drug-likeness (QED) is 0.185. The van der Waals surface area contributed by atoms with E-state index in [2.05, 4.69) is 170 Å². The molecule has 54 heavy (non-hydrogen) atoms. The number of benzene rings is 8. The molecule has 4 nitrogen and oxygen atoms in total. The molecule has 10 aromatic rings. The molecule has 0 radical (unpaired) electrons. The van der Waals surface area contributed by atoms with Crippen LogP contribution in [0.25, 0.3) is 94.3 Å². The molecule has 0 fully saturated rings. The molecule has 0 aliphatic heterocycles. The van der Waals surface area contributed by atoms with E-state index in [0.717, 1.165) is 33.2 Å². The van der Waals surface area contributed by atoms with Crippen molar-refractivity contribution in [3.8, 4) is 51.0 Å². The lowest BCUT2D eigenvalue weighted by atomic mass is 9.82. The van der Waals surface area contributed by atoms with E-state index in [1.54, 1.807) is 0 Å². The fourth-order valence-corrected chi connectivity index (χ4v) is 8.71. The second-order valence-electron chi connectivity index (χ2n) is 14.9. The molecule has 2 aromatic heterocycles. The van der Waals surface area contributed by atoms with Crippen LogP contribution in [-0.4, -0.2) is 19.5 Å². The fourth-order valence-electron chi connectivity index (χ4n) is 8.71. The van der Waals surface area contributed by atoms with Crippen molar-refractivity contribution in [1.29, 1.82) is 0 Å². The molecule has 2 heterocycles. The van der Waals surface area contributed by atoms with Crippen molar-refractivity contribution in [3.63, 3.8) is 0 Å². The number of nitrogens with zero attached hydrogens (tertiary/aromatic N) is 4. The molecule has 254 valence electrons. The lowest BCUT2D eigenvalue weighted by Gasteiger charge is -2.21. The van der Waals surface area contributed by atoms with Gasteiger partial charge in [0.25, 0.3) is 0 Å². The van der Waals surface area contributed by atoms with Crippen molar-refractivity contribution in [1.82, 2.24) is 19.5 Å². The predicted octanol–water partition coefficient (Wildman–Crippen LogP) is 12.6. The van der Waals surface area contributed by atoms with E-state index in [-0.39, 0.29) is 5.41 Å². The van der Waals surface area contributed by atoms with Crippen molar-refractivity contribution >= 4 is 43.4 Å². The van der Waals surface area contributed by atoms with Gasteiger partial charge in [0.15, 0.2) is 17.5 Å². The van der Waals surface area contributed by atoms with E-state index >= 15 is 0 Å². The zero-order valence-electron chi connectivity index (χ0n) is 30.0. The molecular weight excluding hydrogens is 657 g/mol. The highest BCUT2D eigenvalue weighted by molar-refractivity contribution is 6.14. The predicted molar refractivity (Wildman–Crippen MR) is 223 cm³/mol. The average molecular weight is 691 g/mol. The van der Waals surface area contributed by atoms with Crippen LogP contribution in [0, 0.1) is 0 Å². The normalized spacial score (nSPS) is 13.1. The Kier molecular flexibility index (Phi) is 6.56. The van der Waals surface area contributed by atoms with Crippen LogP contribution in [0.4, 0.5) is 0 Å². The summed E-state index contributed by atoms with van der Waals surface area (Å²) in [5.74, 6) is 1.97. The van der Waals surface area contributed by atoms with Crippen molar-refractivity contribution < 1.29 is 0 Å². The summed E-state index contributed by atoms with van der Waals surface area (Å²) in [4.78, 5) is 15.4. The molecule has 0 N–H and O–H groups in total. The number of hydrogen-bond acceptors (Lipinski definition) is 3. The number of para-hydroxylation sites is 1. The molecule has 4 heteroatoms. The van der Waals surface area contributed by atoms with Gasteiger partial charge in [0.05, 0.1) is 16.7 Å². The van der Waals surface area contributed by atoms with Gasteiger partial charge in [-0.2, -0.15) is 0 Å². The second kappa shape index (κ2) is 11.5. The summed E-state index contributed by atoms with van der Waals surface area (Å²) in [5, 5.41) is 7.26. The van der Waals surface area contributed by atoms with Gasteiger partial charge in [0, 0.05) is 38.3 Å². The van der Waals surface area contributed by atoms with Gasteiger partial charge in [-0.3, -0.25) is 0 Å². The van der Waals surface area contributed by atoms with Gasteiger partial charge in [0.1, 0.15) is 0 Å². The van der Waals surface area contributed by atoms with E-state index in [1.165, 1.54) is 54.8 Å². The van der Waals surface area contributed by atoms with Gasteiger partial charge < -0.3 is 4.57 Å². The number of aromatic nitrogens is 4. The zero-order chi connectivity index (χ0) is 36.0. The first-order chi connectivity index (χ1) is 26.5. The maximum atomic E-state index is 5.18. The monoisotopic (exact) mass is 690 g/mol. The minimum Gasteiger partial charge on any atom is -0.309 e. The summed E-state index contributed by atoms with van der Waals surface area (Å²) in [6.45, 7) is 4.61. The Bertz CT molecular complexity index is 3140. The molecule has 0 saturated heterocycles. The molecule has 0 saturated carbocycles. The zero-order valence-corrected chi connectivity index (χ0v) is 30.0. The molecule has 0 unspecified atom stereocenters. The molecule has 8 aromatic carbocycles. The molecule has 0 atom stereocenters. The average Bonchev–Trinajstić information content (AvgIpc) is 3.66. The van der Waals surface area contributed by atoms with Crippen LogP contribution in [0.1, 0.15) is 25.0 Å². The number of hydrogen-bond donors (Lipinski definition) is 0. The van der Waals surface area contributed by atoms with Crippen LogP contribution in [0.2, 0.25) is 0 Å². The summed E-state index contributed by atoms with van der Waals surface area (Å²) < 4.78 is 2.42. The van der Waals surface area contributed by atoms with Crippen molar-refractivity contribution in [2.24, 2.45) is 0 Å². The first-order valence-corrected chi connectivity index (χ1v) is 18.5. The number of fused-ring (bicyclic) bond motifs is 8. The lowest BCUT2D eigenvalue weighted by molar-refractivity contribution is 0.660. The smallest absolute Gasteiger partial charge is 0.164 e. The van der Waals surface area contributed by atoms with Gasteiger partial charge in [-0.25, -0.2) is 15.0 Å². The highest BCUT2D eigenvalue weighted by Crippen LogP contribution is 2.49. The summed E-state index contributed by atoms with van der Waals surface area (Å²) in [6, 6.07) is 60.8. The Morgan fingerprint density at radius 2 is 1.02 bits per heavy atom. The molecule has 0 bridgehead atoms. The first-order valence-electron chi connectivity index (χ1n) is 18.5. The number of rotatable bonds is 4. The molecule has 1 aliphatic rings. The Balaban J connectivity index is 1.08. The third-order valence-corrected chi connectivity index (χ3v) is 11.4. The minimum absolute atomic E-state index is 0.125. The van der Waals surface area contributed by atoms with Crippen LogP contribution in [0.5, 0.6) is 0 Å². The van der Waals surface area contributed by atoms with Crippen LogP contribution < -0.4 is 0 Å². The van der Waals surface area contributed by atoms with Crippen LogP contribution >= 0.6 is 0 Å². The summed E-state index contributed by atoms with van der Waals surface area (Å²) in [7, 11) is 0. The minimum atomic E-state index is -0.125.